The van der Waals surface area contributed by atoms with E-state index in [9.17, 15) is 24.6 Å². The van der Waals surface area contributed by atoms with Gasteiger partial charge in [0.2, 0.25) is 5.91 Å². The molecule has 0 saturated carbocycles. The van der Waals surface area contributed by atoms with Crippen molar-refractivity contribution in [1.29, 1.82) is 0 Å². The molecular formula is C23H33NO7SSi. The minimum Gasteiger partial charge on any atom is -0.480 e. The topological polar surface area (TPSA) is 113 Å². The highest BCUT2D eigenvalue weighted by atomic mass is 32.2. The van der Waals surface area contributed by atoms with Crippen LogP contribution < -0.4 is 0 Å². The van der Waals surface area contributed by atoms with E-state index >= 15 is 0 Å². The molecular weight excluding hydrogens is 462 g/mol. The van der Waals surface area contributed by atoms with E-state index < -0.39 is 42.5 Å². The number of aliphatic hydroxyl groups excluding tert-OH is 1. The van der Waals surface area contributed by atoms with Gasteiger partial charge in [-0.3, -0.25) is 4.79 Å². The Kier molecular flexibility index (Phi) is 6.80. The highest BCUT2D eigenvalue weighted by Crippen LogP contribution is 2.55. The first-order valence-corrected chi connectivity index (χ1v) is 14.8. The molecule has 10 heteroatoms. The summed E-state index contributed by atoms with van der Waals surface area (Å²) in [6.45, 7) is 13.8. The summed E-state index contributed by atoms with van der Waals surface area (Å²) in [5.74, 6) is -2.70. The summed E-state index contributed by atoms with van der Waals surface area (Å²) in [5.41, 5.74) is 0.884. The van der Waals surface area contributed by atoms with E-state index in [1.54, 1.807) is 19.1 Å². The molecule has 2 unspecified atom stereocenters. The predicted octanol–water partition coefficient (Wildman–Crippen LogP) is 3.45. The van der Waals surface area contributed by atoms with Gasteiger partial charge in [-0.15, -0.1) is 0 Å². The lowest BCUT2D eigenvalue weighted by molar-refractivity contribution is -0.171. The Morgan fingerprint density at radius 2 is 1.82 bits per heavy atom. The third-order valence-corrected chi connectivity index (χ3v) is 13.1. The molecule has 0 spiro atoms. The largest absolute Gasteiger partial charge is 0.480 e. The number of benzene rings is 1. The highest BCUT2D eigenvalue weighted by Gasteiger charge is 2.68. The molecule has 2 saturated heterocycles. The Morgan fingerprint density at radius 3 is 2.30 bits per heavy atom. The molecule has 1 aromatic carbocycles. The first-order valence-electron chi connectivity index (χ1n) is 11.0. The Hall–Kier alpha value is -1.88. The number of carboxylic acids is 1. The number of carbonyl (C=O) groups excluding carboxylic acids is 2. The molecule has 0 bridgehead atoms. The summed E-state index contributed by atoms with van der Waals surface area (Å²) in [6.07, 6.45) is -0.384. The molecule has 2 N–H and O–H groups in total. The van der Waals surface area contributed by atoms with E-state index in [0.717, 1.165) is 0 Å². The second-order valence-corrected chi connectivity index (χ2v) is 16.6. The average molecular weight is 496 g/mol. The maximum atomic E-state index is 13.1. The minimum atomic E-state index is -2.14. The number of hydrogen-bond acceptors (Lipinski definition) is 7. The number of thioether (sulfide) groups is 1. The second-order valence-electron chi connectivity index (χ2n) is 10.4. The quantitative estimate of drug-likeness (QED) is 0.336. The zero-order chi connectivity index (χ0) is 24.9. The Balaban J connectivity index is 1.81. The minimum absolute atomic E-state index is 0.0320. The maximum Gasteiger partial charge on any atom is 0.339 e. The summed E-state index contributed by atoms with van der Waals surface area (Å²) in [7, 11) is -2.14. The first kappa shape index (κ1) is 25.7. The first-order chi connectivity index (χ1) is 15.1. The number of carbonyl (C=O) groups is 3. The molecule has 0 radical (unpaired) electrons. The molecule has 1 amide bonds. The van der Waals surface area contributed by atoms with Crippen LogP contribution in [0.25, 0.3) is 0 Å². The van der Waals surface area contributed by atoms with Crippen LogP contribution in [-0.4, -0.2) is 63.7 Å². The van der Waals surface area contributed by atoms with Crippen molar-refractivity contribution >= 4 is 37.9 Å². The van der Waals surface area contributed by atoms with Crippen LogP contribution >= 0.6 is 11.8 Å². The van der Waals surface area contributed by atoms with Crippen LogP contribution in [0.4, 0.5) is 0 Å². The lowest BCUT2D eigenvalue weighted by Gasteiger charge is -2.48. The molecule has 2 aliphatic rings. The van der Waals surface area contributed by atoms with Crippen molar-refractivity contribution in [3.63, 3.8) is 0 Å². The number of amides is 1. The zero-order valence-corrected chi connectivity index (χ0v) is 21.9. The molecule has 2 heterocycles. The van der Waals surface area contributed by atoms with Gasteiger partial charge in [-0.2, -0.15) is 0 Å². The number of rotatable bonds is 7. The molecule has 1 aromatic rings. The normalized spacial score (nSPS) is 28.2. The third kappa shape index (κ3) is 4.58. The van der Waals surface area contributed by atoms with E-state index in [1.807, 2.05) is 6.92 Å². The van der Waals surface area contributed by atoms with Gasteiger partial charge in [-0.25, -0.2) is 9.59 Å². The van der Waals surface area contributed by atoms with Gasteiger partial charge < -0.3 is 24.3 Å². The number of hydrogen-bond donors (Lipinski definition) is 2. The standard InChI is InChI=1S/C23H33NO7SSi/c1-13(31-33(6,7)22(2,3)4)16-18(26)24-17(20(27)28)23(5,32-19(16)24)30-21(29)15-10-8-14(12-25)9-11-15/h8-11,13,16-17,19,25H,12H2,1-7H3,(H,27,28)/t13-,16+,17?,19-,23?/m1/s1. The van der Waals surface area contributed by atoms with E-state index in [1.165, 1.54) is 28.8 Å². The van der Waals surface area contributed by atoms with Gasteiger partial charge in [0.05, 0.1) is 29.6 Å². The summed E-state index contributed by atoms with van der Waals surface area (Å²) in [6, 6.07) is 4.94. The molecule has 0 aliphatic carbocycles. The van der Waals surface area contributed by atoms with Crippen LogP contribution in [-0.2, 0) is 25.4 Å². The van der Waals surface area contributed by atoms with Crippen molar-refractivity contribution in [2.24, 2.45) is 5.92 Å². The van der Waals surface area contributed by atoms with Crippen LogP contribution in [0.15, 0.2) is 24.3 Å². The van der Waals surface area contributed by atoms with Crippen LogP contribution in [0, 0.1) is 5.92 Å². The number of ether oxygens (including phenoxy) is 1. The molecule has 8 nitrogen and oxygen atoms in total. The fraction of sp³-hybridized carbons (Fsp3) is 0.609. The van der Waals surface area contributed by atoms with Gasteiger partial charge >= 0.3 is 11.9 Å². The summed E-state index contributed by atoms with van der Waals surface area (Å²) < 4.78 is 12.1. The van der Waals surface area contributed by atoms with Crippen molar-refractivity contribution in [2.45, 2.75) is 81.8 Å². The second kappa shape index (κ2) is 8.72. The molecule has 182 valence electrons. The smallest absolute Gasteiger partial charge is 0.339 e. The van der Waals surface area contributed by atoms with Gasteiger partial charge in [-0.1, -0.05) is 44.7 Å². The van der Waals surface area contributed by atoms with Crippen molar-refractivity contribution in [3.05, 3.63) is 35.4 Å². The van der Waals surface area contributed by atoms with Crippen LogP contribution in [0.1, 0.15) is 50.5 Å². The number of fused-ring (bicyclic) bond motifs is 1. The monoisotopic (exact) mass is 495 g/mol. The average Bonchev–Trinajstić information content (AvgIpc) is 2.95. The Bertz CT molecular complexity index is 945. The fourth-order valence-corrected chi connectivity index (χ4v) is 7.23. The van der Waals surface area contributed by atoms with Crippen LogP contribution in [0.2, 0.25) is 18.1 Å². The van der Waals surface area contributed by atoms with E-state index in [-0.39, 0.29) is 29.2 Å². The van der Waals surface area contributed by atoms with Gasteiger partial charge in [0.25, 0.3) is 0 Å². The van der Waals surface area contributed by atoms with Crippen molar-refractivity contribution in [2.75, 3.05) is 0 Å². The number of nitrogens with zero attached hydrogens (tertiary/aromatic N) is 1. The number of β-lactam (4-membered cyclic amide) rings is 1. The summed E-state index contributed by atoms with van der Waals surface area (Å²) in [5, 5.41) is 18.6. The maximum absolute atomic E-state index is 13.1. The van der Waals surface area contributed by atoms with Gasteiger partial charge in [0, 0.05) is 0 Å². The Labute approximate surface area is 199 Å². The molecule has 0 aromatic heterocycles. The third-order valence-electron chi connectivity index (χ3n) is 6.94. The lowest BCUT2D eigenvalue weighted by Crippen LogP contribution is -2.66. The van der Waals surface area contributed by atoms with E-state index in [4.69, 9.17) is 9.16 Å². The summed E-state index contributed by atoms with van der Waals surface area (Å²) in [4.78, 5) is 37.9. The van der Waals surface area contributed by atoms with E-state index in [2.05, 4.69) is 33.9 Å². The molecule has 5 atom stereocenters. The lowest BCUT2D eigenvalue weighted by atomic mass is 9.90. The zero-order valence-electron chi connectivity index (χ0n) is 20.1. The molecule has 33 heavy (non-hydrogen) atoms. The number of aliphatic hydroxyl groups is 1. The van der Waals surface area contributed by atoms with Gasteiger partial charge in [-0.05, 0) is 49.7 Å². The van der Waals surface area contributed by atoms with Gasteiger partial charge in [0.15, 0.2) is 19.3 Å². The van der Waals surface area contributed by atoms with E-state index in [0.29, 0.717) is 5.56 Å². The molecule has 2 aliphatic heterocycles. The highest BCUT2D eigenvalue weighted by molar-refractivity contribution is 8.01. The predicted molar refractivity (Wildman–Crippen MR) is 127 cm³/mol. The van der Waals surface area contributed by atoms with Crippen LogP contribution in [0.3, 0.4) is 0 Å². The van der Waals surface area contributed by atoms with Gasteiger partial charge in [0.1, 0.15) is 0 Å². The number of carboxylic acid groups (broad SMARTS) is 1. The van der Waals surface area contributed by atoms with Crippen molar-refractivity contribution in [3.8, 4) is 0 Å². The number of aliphatic carboxylic acids is 1. The molecule has 2 fully saturated rings. The van der Waals surface area contributed by atoms with Crippen LogP contribution in [0.5, 0.6) is 0 Å². The van der Waals surface area contributed by atoms with Crippen molar-refractivity contribution < 1.29 is 33.8 Å². The van der Waals surface area contributed by atoms with Crippen molar-refractivity contribution in [1.82, 2.24) is 4.90 Å². The Morgan fingerprint density at radius 1 is 1.24 bits per heavy atom. The number of esters is 1. The summed E-state index contributed by atoms with van der Waals surface area (Å²) >= 11 is 1.18. The molecule has 3 rings (SSSR count). The SMILES string of the molecule is C[C@@H](O[Si](C)(C)C(C)(C)C)[C@H]1C(=O)N2C(C(=O)O)C(C)(OC(=O)c3ccc(CO)cc3)S[C@H]12. The fourth-order valence-electron chi connectivity index (χ4n) is 4.03.